The molecule has 0 aromatic carbocycles. The van der Waals surface area contributed by atoms with Gasteiger partial charge < -0.3 is 16.0 Å². The second-order valence-corrected chi connectivity index (χ2v) is 3.52. The van der Waals surface area contributed by atoms with Crippen molar-refractivity contribution < 1.29 is 4.79 Å². The molecule has 76 valence electrons. The first-order chi connectivity index (χ1) is 7.36. The molecule has 3 aliphatic rings. The van der Waals surface area contributed by atoms with Gasteiger partial charge in [-0.25, -0.2) is 0 Å². The van der Waals surface area contributed by atoms with Crippen LogP contribution in [-0.4, -0.2) is 24.8 Å². The van der Waals surface area contributed by atoms with Crippen LogP contribution in [0.5, 0.6) is 0 Å². The summed E-state index contributed by atoms with van der Waals surface area (Å²) in [6, 6.07) is -0.284. The molecule has 3 N–H and O–H groups in total. The Hall–Kier alpha value is -2.04. The predicted octanol–water partition coefficient (Wildman–Crippen LogP) is -0.629. The van der Waals surface area contributed by atoms with E-state index in [1.807, 2.05) is 6.08 Å². The van der Waals surface area contributed by atoms with Crippen LogP contribution in [0.2, 0.25) is 0 Å². The number of rotatable bonds is 0. The summed E-state index contributed by atoms with van der Waals surface area (Å²) in [5.74, 6) is -0.0420. The average Bonchev–Trinajstić information content (AvgIpc) is 2.71. The summed E-state index contributed by atoms with van der Waals surface area (Å²) in [5.41, 5.74) is 2.87. The van der Waals surface area contributed by atoms with E-state index in [0.29, 0.717) is 6.67 Å². The summed E-state index contributed by atoms with van der Waals surface area (Å²) in [6.45, 7) is 0.560. The smallest absolute Gasteiger partial charge is 0.251 e. The predicted molar refractivity (Wildman–Crippen MR) is 55.8 cm³/mol. The molecule has 1 amide bonds. The van der Waals surface area contributed by atoms with Gasteiger partial charge in [0.05, 0.1) is 5.70 Å². The first kappa shape index (κ1) is 8.28. The first-order valence-electron chi connectivity index (χ1n) is 4.77. The van der Waals surface area contributed by atoms with E-state index in [9.17, 15) is 4.79 Å². The van der Waals surface area contributed by atoms with Gasteiger partial charge in [-0.05, 0) is 12.3 Å². The van der Waals surface area contributed by atoms with Gasteiger partial charge in [0.25, 0.3) is 5.91 Å². The lowest BCUT2D eigenvalue weighted by Gasteiger charge is -2.17. The first-order valence-corrected chi connectivity index (χ1v) is 4.77. The molecule has 0 saturated heterocycles. The van der Waals surface area contributed by atoms with E-state index in [-0.39, 0.29) is 11.9 Å². The van der Waals surface area contributed by atoms with E-state index in [4.69, 9.17) is 0 Å². The van der Waals surface area contributed by atoms with Crippen molar-refractivity contribution in [1.29, 1.82) is 0 Å². The minimum absolute atomic E-state index is 0.0420. The van der Waals surface area contributed by atoms with E-state index in [2.05, 4.69) is 20.9 Å². The van der Waals surface area contributed by atoms with Crippen LogP contribution in [0.4, 0.5) is 0 Å². The zero-order valence-corrected chi connectivity index (χ0v) is 7.95. The van der Waals surface area contributed by atoms with Crippen LogP contribution in [0.25, 0.3) is 0 Å². The Balaban J connectivity index is 2.16. The monoisotopic (exact) mass is 202 g/mol. The van der Waals surface area contributed by atoms with Crippen molar-refractivity contribution in [2.45, 2.75) is 6.04 Å². The maximum Gasteiger partial charge on any atom is 0.251 e. The Labute approximate surface area is 86.6 Å². The van der Waals surface area contributed by atoms with Crippen molar-refractivity contribution in [3.63, 3.8) is 0 Å². The summed E-state index contributed by atoms with van der Waals surface area (Å²) in [5, 5.41) is 8.93. The maximum atomic E-state index is 11.7. The molecule has 5 nitrogen and oxygen atoms in total. The molecule has 0 bridgehead atoms. The Kier molecular flexibility index (Phi) is 1.65. The molecule has 1 unspecified atom stereocenters. The molecular weight excluding hydrogens is 192 g/mol. The van der Waals surface area contributed by atoms with Gasteiger partial charge in [0.2, 0.25) is 0 Å². The fraction of sp³-hybridized carbons (Fsp3) is 0.200. The molecule has 0 fully saturated rings. The van der Waals surface area contributed by atoms with E-state index >= 15 is 0 Å². The fourth-order valence-electron chi connectivity index (χ4n) is 1.91. The molecule has 3 aliphatic heterocycles. The zero-order chi connectivity index (χ0) is 10.3. The molecule has 15 heavy (non-hydrogen) atoms. The number of amides is 1. The molecule has 1 atom stereocenters. The number of carbonyl (C=O) groups excluding carboxylic acids is 1. The van der Waals surface area contributed by atoms with Gasteiger partial charge in [-0.2, -0.15) is 0 Å². The molecule has 0 radical (unpaired) electrons. The lowest BCUT2D eigenvalue weighted by Crippen LogP contribution is -2.38. The normalized spacial score (nSPS) is 27.1. The molecular formula is C10H10N4O. The van der Waals surface area contributed by atoms with Crippen molar-refractivity contribution in [2.75, 3.05) is 6.67 Å². The Morgan fingerprint density at radius 2 is 2.40 bits per heavy atom. The highest BCUT2D eigenvalue weighted by molar-refractivity contribution is 5.94. The third kappa shape index (κ3) is 1.16. The number of aliphatic imine (C=N–C) groups is 1. The zero-order valence-electron chi connectivity index (χ0n) is 7.95. The highest BCUT2D eigenvalue weighted by Gasteiger charge is 2.29. The summed E-state index contributed by atoms with van der Waals surface area (Å²) in [7, 11) is 0. The third-order valence-corrected chi connectivity index (χ3v) is 2.62. The van der Waals surface area contributed by atoms with Crippen LogP contribution in [0, 0.1) is 0 Å². The van der Waals surface area contributed by atoms with Crippen LogP contribution < -0.4 is 16.0 Å². The summed E-state index contributed by atoms with van der Waals surface area (Å²) >= 11 is 0. The quantitative estimate of drug-likeness (QED) is 0.490. The van der Waals surface area contributed by atoms with E-state index in [1.165, 1.54) is 0 Å². The molecule has 0 saturated carbocycles. The van der Waals surface area contributed by atoms with Crippen molar-refractivity contribution in [3.05, 3.63) is 35.3 Å². The number of nitrogens with one attached hydrogen (secondary N) is 3. The molecule has 0 aromatic heterocycles. The number of fused-ring (bicyclic) bond motifs is 2. The van der Waals surface area contributed by atoms with E-state index in [0.717, 1.165) is 16.8 Å². The van der Waals surface area contributed by atoms with Gasteiger partial charge in [-0.3, -0.25) is 9.79 Å². The second kappa shape index (κ2) is 2.98. The van der Waals surface area contributed by atoms with Gasteiger partial charge >= 0.3 is 0 Å². The number of hydrogen-bond donors (Lipinski definition) is 3. The molecule has 0 aromatic rings. The van der Waals surface area contributed by atoms with Crippen molar-refractivity contribution >= 4 is 12.1 Å². The Morgan fingerprint density at radius 1 is 1.47 bits per heavy atom. The largest absolute Gasteiger partial charge is 0.376 e. The number of allylic oxidation sites excluding steroid dienone is 1. The van der Waals surface area contributed by atoms with Crippen LogP contribution in [0.15, 0.2) is 40.3 Å². The highest BCUT2D eigenvalue weighted by Crippen LogP contribution is 2.22. The van der Waals surface area contributed by atoms with Gasteiger partial charge in [0, 0.05) is 23.6 Å². The van der Waals surface area contributed by atoms with Crippen LogP contribution in [0.1, 0.15) is 0 Å². The highest BCUT2D eigenvalue weighted by atomic mass is 16.2. The second-order valence-electron chi connectivity index (χ2n) is 3.52. The topological polar surface area (TPSA) is 65.5 Å². The van der Waals surface area contributed by atoms with Crippen molar-refractivity contribution in [1.82, 2.24) is 16.0 Å². The van der Waals surface area contributed by atoms with Gasteiger partial charge in [0.1, 0.15) is 12.7 Å². The average molecular weight is 202 g/mol. The molecule has 5 heteroatoms. The molecule has 3 heterocycles. The molecule has 0 spiro atoms. The Morgan fingerprint density at radius 3 is 3.33 bits per heavy atom. The van der Waals surface area contributed by atoms with Crippen molar-refractivity contribution in [2.24, 2.45) is 4.99 Å². The maximum absolute atomic E-state index is 11.7. The minimum Gasteiger partial charge on any atom is -0.376 e. The van der Waals surface area contributed by atoms with Crippen LogP contribution in [-0.2, 0) is 4.79 Å². The number of nitrogens with zero attached hydrogens (tertiary/aromatic N) is 1. The third-order valence-electron chi connectivity index (χ3n) is 2.62. The van der Waals surface area contributed by atoms with E-state index in [1.54, 1.807) is 18.6 Å². The van der Waals surface area contributed by atoms with Gasteiger partial charge in [-0.15, -0.1) is 0 Å². The summed E-state index contributed by atoms with van der Waals surface area (Å²) in [6.07, 6.45) is 7.18. The van der Waals surface area contributed by atoms with Crippen LogP contribution >= 0.6 is 0 Å². The van der Waals surface area contributed by atoms with Crippen LogP contribution in [0.3, 0.4) is 0 Å². The summed E-state index contributed by atoms with van der Waals surface area (Å²) in [4.78, 5) is 15.8. The lowest BCUT2D eigenvalue weighted by atomic mass is 10.0. The minimum atomic E-state index is -0.284. The fourth-order valence-corrected chi connectivity index (χ4v) is 1.91. The van der Waals surface area contributed by atoms with Gasteiger partial charge in [0.15, 0.2) is 0 Å². The SMILES string of the molecule is O=C1NC=C2C=NCNC2=C2C=CNC12. The standard InChI is InChI=1S/C10H10N4O/c15-10-9-7(1-2-12-9)8-6(4-13-10)3-11-5-14-8/h1-4,9,12,14H,5H2,(H,13,15). The molecule has 0 aliphatic carbocycles. The Bertz CT molecular complexity index is 444. The van der Waals surface area contributed by atoms with Gasteiger partial charge in [-0.1, -0.05) is 0 Å². The van der Waals surface area contributed by atoms with Crippen molar-refractivity contribution in [3.8, 4) is 0 Å². The number of carbonyl (C=O) groups is 1. The summed E-state index contributed by atoms with van der Waals surface area (Å²) < 4.78 is 0. The molecule has 3 rings (SSSR count). The number of hydrogen-bond acceptors (Lipinski definition) is 4. The lowest BCUT2D eigenvalue weighted by molar-refractivity contribution is -0.120. The van der Waals surface area contributed by atoms with E-state index < -0.39 is 0 Å².